The fourth-order valence-corrected chi connectivity index (χ4v) is 2.22. The van der Waals surface area contributed by atoms with Crippen LogP contribution in [0.2, 0.25) is 0 Å². The molecule has 0 amide bonds. The van der Waals surface area contributed by atoms with Gasteiger partial charge < -0.3 is 9.72 Å². The Morgan fingerprint density at radius 2 is 1.95 bits per heavy atom. The summed E-state index contributed by atoms with van der Waals surface area (Å²) >= 11 is 0. The van der Waals surface area contributed by atoms with Crippen LogP contribution in [-0.4, -0.2) is 16.2 Å². The molecular weight excluding hydrogens is 240 g/mol. The summed E-state index contributed by atoms with van der Waals surface area (Å²) in [7, 11) is 0. The second-order valence-corrected chi connectivity index (χ2v) is 4.42. The summed E-state index contributed by atoms with van der Waals surface area (Å²) in [5.74, 6) is 0. The monoisotopic (exact) mass is 260 g/mol. The van der Waals surface area contributed by atoms with Gasteiger partial charge in [0, 0.05) is 24.4 Å². The van der Waals surface area contributed by atoms with E-state index in [4.69, 9.17) is 4.74 Å². The van der Waals surface area contributed by atoms with E-state index in [2.05, 4.69) is 24.0 Å². The normalized spacial score (nSPS) is 10.8. The van der Waals surface area contributed by atoms with Crippen LogP contribution in [0.3, 0.4) is 0 Å². The Labute approximate surface area is 113 Å². The first-order valence-corrected chi connectivity index (χ1v) is 6.68. The van der Waals surface area contributed by atoms with Gasteiger partial charge in [0.05, 0.1) is 0 Å². The van der Waals surface area contributed by atoms with Gasteiger partial charge in [0.1, 0.15) is 6.73 Å². The second-order valence-electron chi connectivity index (χ2n) is 4.42. The van der Waals surface area contributed by atoms with Crippen molar-refractivity contribution in [2.45, 2.75) is 33.4 Å². The number of nitrogens with zero attached hydrogens (tertiary/aromatic N) is 1. The first-order valence-electron chi connectivity index (χ1n) is 6.68. The maximum absolute atomic E-state index is 11.9. The van der Waals surface area contributed by atoms with Crippen LogP contribution in [0.25, 0.3) is 0 Å². The van der Waals surface area contributed by atoms with E-state index in [9.17, 15) is 4.79 Å². The van der Waals surface area contributed by atoms with Crippen LogP contribution in [0.5, 0.6) is 0 Å². The van der Waals surface area contributed by atoms with Crippen LogP contribution >= 0.6 is 0 Å². The summed E-state index contributed by atoms with van der Waals surface area (Å²) in [5.41, 5.74) is 3.12. The predicted molar refractivity (Wildman–Crippen MR) is 75.3 cm³/mol. The minimum atomic E-state index is -0.0868. The molecule has 0 aliphatic carbocycles. The second kappa shape index (κ2) is 6.38. The summed E-state index contributed by atoms with van der Waals surface area (Å²) in [6.45, 7) is 4.91. The molecule has 0 fully saturated rings. The van der Waals surface area contributed by atoms with E-state index in [1.54, 1.807) is 4.57 Å². The molecule has 19 heavy (non-hydrogen) atoms. The van der Waals surface area contributed by atoms with Crippen molar-refractivity contribution in [2.24, 2.45) is 0 Å². The molecule has 0 atom stereocenters. The number of aromatic nitrogens is 2. The number of benzene rings is 1. The minimum absolute atomic E-state index is 0.0868. The van der Waals surface area contributed by atoms with Crippen molar-refractivity contribution >= 4 is 0 Å². The summed E-state index contributed by atoms with van der Waals surface area (Å²) in [5, 5.41) is 0. The summed E-state index contributed by atoms with van der Waals surface area (Å²) in [4.78, 5) is 14.9. The Kier molecular flexibility index (Phi) is 4.58. The highest BCUT2D eigenvalue weighted by Gasteiger charge is 2.12. The number of ether oxygens (including phenoxy) is 1. The maximum Gasteiger partial charge on any atom is 0.327 e. The first kappa shape index (κ1) is 13.6. The minimum Gasteiger partial charge on any atom is -0.361 e. The van der Waals surface area contributed by atoms with Crippen molar-refractivity contribution in [1.82, 2.24) is 9.55 Å². The molecule has 4 nitrogen and oxygen atoms in total. The lowest BCUT2D eigenvalue weighted by molar-refractivity contribution is 0.0838. The molecule has 1 aromatic heterocycles. The van der Waals surface area contributed by atoms with Crippen LogP contribution in [0.4, 0.5) is 0 Å². The van der Waals surface area contributed by atoms with Crippen molar-refractivity contribution in [1.29, 1.82) is 0 Å². The van der Waals surface area contributed by atoms with E-state index in [-0.39, 0.29) is 5.69 Å². The van der Waals surface area contributed by atoms with Crippen LogP contribution < -0.4 is 5.69 Å². The standard InChI is InChI=1S/C15H20N2O2/c1-3-14-13(10-12-8-6-5-7-9-12)16-15(18)17(14)11-19-4-2/h5-9H,3-4,10-11H2,1-2H3,(H,16,18). The molecular formula is C15H20N2O2. The van der Waals surface area contributed by atoms with Crippen molar-refractivity contribution in [3.8, 4) is 0 Å². The Morgan fingerprint density at radius 3 is 2.58 bits per heavy atom. The van der Waals surface area contributed by atoms with Gasteiger partial charge in [-0.05, 0) is 18.9 Å². The maximum atomic E-state index is 11.9. The van der Waals surface area contributed by atoms with Crippen molar-refractivity contribution in [3.05, 3.63) is 57.8 Å². The average molecular weight is 260 g/mol. The van der Waals surface area contributed by atoms with Crippen LogP contribution in [0, 0.1) is 0 Å². The smallest absolute Gasteiger partial charge is 0.327 e. The molecule has 2 rings (SSSR count). The molecule has 0 bridgehead atoms. The van der Waals surface area contributed by atoms with E-state index >= 15 is 0 Å². The zero-order valence-corrected chi connectivity index (χ0v) is 11.5. The molecule has 1 aromatic carbocycles. The SMILES string of the molecule is CCOCn1c(CC)c(Cc2ccccc2)[nH]c1=O. The van der Waals surface area contributed by atoms with Gasteiger partial charge in [0.25, 0.3) is 0 Å². The summed E-state index contributed by atoms with van der Waals surface area (Å²) < 4.78 is 7.03. The number of H-pyrrole nitrogens is 1. The fraction of sp³-hybridized carbons (Fsp3) is 0.400. The van der Waals surface area contributed by atoms with E-state index in [1.165, 1.54) is 5.56 Å². The molecule has 2 aromatic rings. The van der Waals surface area contributed by atoms with Gasteiger partial charge in [-0.25, -0.2) is 4.79 Å². The van der Waals surface area contributed by atoms with E-state index in [0.29, 0.717) is 13.3 Å². The average Bonchev–Trinajstić information content (AvgIpc) is 2.72. The Balaban J connectivity index is 2.28. The number of aromatic amines is 1. The predicted octanol–water partition coefficient (Wildman–Crippen LogP) is 2.32. The van der Waals surface area contributed by atoms with Crippen molar-refractivity contribution in [2.75, 3.05) is 6.61 Å². The lowest BCUT2D eigenvalue weighted by atomic mass is 10.1. The number of hydrogen-bond donors (Lipinski definition) is 1. The van der Waals surface area contributed by atoms with E-state index < -0.39 is 0 Å². The molecule has 4 heteroatoms. The van der Waals surface area contributed by atoms with Gasteiger partial charge in [-0.1, -0.05) is 37.3 Å². The number of hydrogen-bond acceptors (Lipinski definition) is 2. The Bertz CT molecular complexity index is 570. The van der Waals surface area contributed by atoms with Gasteiger partial charge in [-0.2, -0.15) is 0 Å². The van der Waals surface area contributed by atoms with Crippen molar-refractivity contribution < 1.29 is 4.74 Å². The molecule has 0 unspecified atom stereocenters. The quantitative estimate of drug-likeness (QED) is 0.866. The summed E-state index contributed by atoms with van der Waals surface area (Å²) in [6.07, 6.45) is 1.56. The molecule has 0 spiro atoms. The molecule has 102 valence electrons. The Morgan fingerprint density at radius 1 is 1.21 bits per heavy atom. The molecule has 1 heterocycles. The number of nitrogens with one attached hydrogen (secondary N) is 1. The molecule has 0 saturated heterocycles. The largest absolute Gasteiger partial charge is 0.361 e. The molecule has 0 aliphatic heterocycles. The third kappa shape index (κ3) is 3.15. The van der Waals surface area contributed by atoms with Crippen LogP contribution in [0.1, 0.15) is 30.8 Å². The molecule has 1 N–H and O–H groups in total. The third-order valence-electron chi connectivity index (χ3n) is 3.16. The zero-order chi connectivity index (χ0) is 13.7. The lowest BCUT2D eigenvalue weighted by Gasteiger charge is -2.07. The van der Waals surface area contributed by atoms with E-state index in [1.807, 2.05) is 25.1 Å². The summed E-state index contributed by atoms with van der Waals surface area (Å²) in [6, 6.07) is 10.1. The van der Waals surface area contributed by atoms with Crippen LogP contribution in [0.15, 0.2) is 35.1 Å². The highest BCUT2D eigenvalue weighted by Crippen LogP contribution is 2.12. The molecule has 0 radical (unpaired) electrons. The molecule has 0 aliphatic rings. The Hall–Kier alpha value is -1.81. The molecule has 0 saturated carbocycles. The van der Waals surface area contributed by atoms with Gasteiger partial charge >= 0.3 is 5.69 Å². The van der Waals surface area contributed by atoms with Crippen molar-refractivity contribution in [3.63, 3.8) is 0 Å². The fourth-order valence-electron chi connectivity index (χ4n) is 2.22. The van der Waals surface area contributed by atoms with E-state index in [0.717, 1.165) is 24.2 Å². The third-order valence-corrected chi connectivity index (χ3v) is 3.16. The van der Waals surface area contributed by atoms with Gasteiger partial charge in [0.2, 0.25) is 0 Å². The number of rotatable bonds is 6. The van der Waals surface area contributed by atoms with Gasteiger partial charge in [-0.15, -0.1) is 0 Å². The first-order chi connectivity index (χ1) is 9.26. The lowest BCUT2D eigenvalue weighted by Crippen LogP contribution is -2.20. The highest BCUT2D eigenvalue weighted by molar-refractivity contribution is 5.24. The van der Waals surface area contributed by atoms with Gasteiger partial charge in [0.15, 0.2) is 0 Å². The topological polar surface area (TPSA) is 47.0 Å². The number of imidazole rings is 1. The van der Waals surface area contributed by atoms with Gasteiger partial charge in [-0.3, -0.25) is 4.57 Å². The van der Waals surface area contributed by atoms with Crippen LogP contribution in [-0.2, 0) is 24.3 Å². The zero-order valence-electron chi connectivity index (χ0n) is 11.5. The highest BCUT2D eigenvalue weighted by atomic mass is 16.5.